The molecule has 3 saturated carbocycles. The third kappa shape index (κ3) is 3.35. The van der Waals surface area contributed by atoms with Crippen molar-refractivity contribution < 1.29 is 19.8 Å². The van der Waals surface area contributed by atoms with E-state index in [-0.39, 0.29) is 47.4 Å². The molecule has 2 spiro atoms. The topological polar surface area (TPSA) is 140 Å². The fraction of sp³-hybridized carbons (Fsp3) is 0.741. The molecule has 6 atom stereocenters. The number of carbonyl (C=O) groups excluding carboxylic acids is 1. The maximum Gasteiger partial charge on any atom is 0.334 e. The van der Waals surface area contributed by atoms with Gasteiger partial charge in [-0.25, -0.2) is 4.79 Å². The first-order valence-corrected chi connectivity index (χ1v) is 13.5. The van der Waals surface area contributed by atoms with Gasteiger partial charge in [0, 0.05) is 43.1 Å². The number of fused-ring (bicyclic) bond motifs is 1. The Morgan fingerprint density at radius 3 is 2.72 bits per heavy atom. The van der Waals surface area contributed by atoms with Gasteiger partial charge in [0.25, 0.3) is 0 Å². The van der Waals surface area contributed by atoms with Gasteiger partial charge in [0.2, 0.25) is 0 Å². The zero-order chi connectivity index (χ0) is 25.7. The zero-order valence-electron chi connectivity index (χ0n) is 21.6. The summed E-state index contributed by atoms with van der Waals surface area (Å²) in [7, 11) is 3.83. The second-order valence-electron chi connectivity index (χ2n) is 11.5. The first-order valence-electron chi connectivity index (χ1n) is 13.5. The fourth-order valence-corrected chi connectivity index (χ4v) is 8.93. The molecule has 9 heteroatoms. The van der Waals surface area contributed by atoms with Crippen LogP contribution in [0, 0.1) is 28.6 Å². The van der Waals surface area contributed by atoms with Crippen LogP contribution in [0.2, 0.25) is 0 Å². The highest BCUT2D eigenvalue weighted by molar-refractivity contribution is 6.04. The van der Waals surface area contributed by atoms with Crippen molar-refractivity contribution in [1.82, 2.24) is 15.5 Å². The summed E-state index contributed by atoms with van der Waals surface area (Å²) < 4.78 is 0. The molecule has 198 valence electrons. The Bertz CT molecular complexity index is 1020. The van der Waals surface area contributed by atoms with E-state index in [2.05, 4.69) is 21.7 Å². The summed E-state index contributed by atoms with van der Waals surface area (Å²) in [4.78, 5) is 32.8. The molecule has 1 aliphatic heterocycles. The molecule has 4 aliphatic carbocycles. The van der Waals surface area contributed by atoms with E-state index in [1.165, 1.54) is 0 Å². The van der Waals surface area contributed by atoms with Crippen LogP contribution >= 0.6 is 0 Å². The number of aliphatic imine (C=N–C) groups is 1. The summed E-state index contributed by atoms with van der Waals surface area (Å²) in [6.45, 7) is 2.66. The lowest BCUT2D eigenvalue weighted by Crippen LogP contribution is -2.63. The summed E-state index contributed by atoms with van der Waals surface area (Å²) >= 11 is 0. The Labute approximate surface area is 213 Å². The Hall–Kier alpha value is -2.23. The summed E-state index contributed by atoms with van der Waals surface area (Å²) in [5.41, 5.74) is 4.53. The molecule has 0 radical (unpaired) electrons. The molecule has 36 heavy (non-hydrogen) atoms. The molecular formula is C27H41N5O4. The van der Waals surface area contributed by atoms with Crippen molar-refractivity contribution in [2.75, 3.05) is 40.3 Å². The monoisotopic (exact) mass is 499 g/mol. The van der Waals surface area contributed by atoms with E-state index in [1.54, 1.807) is 0 Å². The Morgan fingerprint density at radius 2 is 2.00 bits per heavy atom. The lowest BCUT2D eigenvalue weighted by molar-refractivity contribution is -0.148. The number of rotatable bonds is 6. The highest BCUT2D eigenvalue weighted by Gasteiger charge is 2.76. The number of carboxylic acid groups (broad SMARTS) is 1. The van der Waals surface area contributed by atoms with Crippen molar-refractivity contribution in [1.29, 1.82) is 0 Å². The number of aliphatic hydroxyl groups is 1. The minimum absolute atomic E-state index is 0.0110. The summed E-state index contributed by atoms with van der Waals surface area (Å²) in [5.74, 6) is -0.385. The zero-order valence-corrected chi connectivity index (χ0v) is 21.6. The maximum atomic E-state index is 13.4. The number of hydrogen-bond donors (Lipinski definition) is 5. The molecule has 6 N–H and O–H groups in total. The van der Waals surface area contributed by atoms with Crippen LogP contribution in [0.4, 0.5) is 0 Å². The summed E-state index contributed by atoms with van der Waals surface area (Å²) in [6.07, 6.45) is 9.90. The third-order valence-corrected chi connectivity index (χ3v) is 10.2. The van der Waals surface area contributed by atoms with Gasteiger partial charge < -0.3 is 31.5 Å². The molecule has 0 aromatic heterocycles. The molecule has 6 unspecified atom stereocenters. The maximum absolute atomic E-state index is 13.4. The van der Waals surface area contributed by atoms with Gasteiger partial charge in [0.05, 0.1) is 12.1 Å². The minimum Gasteiger partial charge on any atom is -0.478 e. The molecule has 9 nitrogen and oxygen atoms in total. The predicted octanol–water partition coefficient (Wildman–Crippen LogP) is 1.25. The van der Waals surface area contributed by atoms with Crippen LogP contribution in [0.15, 0.2) is 28.4 Å². The van der Waals surface area contributed by atoms with E-state index in [0.717, 1.165) is 44.3 Å². The van der Waals surface area contributed by atoms with Crippen molar-refractivity contribution in [3.8, 4) is 0 Å². The van der Waals surface area contributed by atoms with Gasteiger partial charge in [-0.05, 0) is 75.9 Å². The van der Waals surface area contributed by atoms with Crippen molar-refractivity contribution in [2.24, 2.45) is 39.3 Å². The van der Waals surface area contributed by atoms with E-state index >= 15 is 0 Å². The van der Waals surface area contributed by atoms with Crippen LogP contribution in [-0.2, 0) is 9.59 Å². The lowest BCUT2D eigenvalue weighted by Gasteiger charge is -2.61. The molecule has 5 aliphatic rings. The van der Waals surface area contributed by atoms with Crippen LogP contribution in [0.5, 0.6) is 0 Å². The average molecular weight is 500 g/mol. The van der Waals surface area contributed by atoms with Crippen molar-refractivity contribution in [2.45, 2.75) is 57.0 Å². The van der Waals surface area contributed by atoms with E-state index in [0.29, 0.717) is 31.9 Å². The third-order valence-electron chi connectivity index (χ3n) is 10.2. The fourth-order valence-electron chi connectivity index (χ4n) is 8.93. The number of carboxylic acids is 1. The van der Waals surface area contributed by atoms with E-state index in [1.807, 2.05) is 25.2 Å². The summed E-state index contributed by atoms with van der Waals surface area (Å²) in [6, 6.07) is 0. The van der Waals surface area contributed by atoms with Crippen LogP contribution < -0.4 is 16.4 Å². The number of Topliss-reactive ketones (excluding diaryl/α,β-unsaturated/α-hetero) is 1. The number of hydrogen-bond acceptors (Lipinski definition) is 6. The number of nitrogens with zero attached hydrogens (tertiary/aromatic N) is 2. The molecular weight excluding hydrogens is 458 g/mol. The Morgan fingerprint density at radius 1 is 1.22 bits per heavy atom. The first-order chi connectivity index (χ1) is 17.3. The number of nitrogens with two attached hydrogens (primary N) is 1. The van der Waals surface area contributed by atoms with Crippen LogP contribution in [0.25, 0.3) is 0 Å². The minimum atomic E-state index is -1.91. The second-order valence-corrected chi connectivity index (χ2v) is 11.5. The molecule has 0 aromatic carbocycles. The SMILES string of the molecule is CNCCN=C(N)N1C=CC(CNC)C2(C1)C1CCC3CCCCC(=O)C4(O)CC32C(=C4C(=O)O)C1. The average Bonchev–Trinajstić information content (AvgIpc) is 3.20. The number of nitrogens with one attached hydrogen (secondary N) is 2. The van der Waals surface area contributed by atoms with Gasteiger partial charge in [0.1, 0.15) is 0 Å². The van der Waals surface area contributed by atoms with E-state index in [9.17, 15) is 19.8 Å². The van der Waals surface area contributed by atoms with Crippen molar-refractivity contribution >= 4 is 17.7 Å². The van der Waals surface area contributed by atoms with Gasteiger partial charge in [-0.3, -0.25) is 9.79 Å². The number of carbonyl (C=O) groups is 2. The number of aliphatic carboxylic acids is 1. The largest absolute Gasteiger partial charge is 0.478 e. The van der Waals surface area contributed by atoms with Gasteiger partial charge in [0.15, 0.2) is 17.3 Å². The highest BCUT2D eigenvalue weighted by atomic mass is 16.4. The van der Waals surface area contributed by atoms with Gasteiger partial charge in [-0.15, -0.1) is 0 Å². The second kappa shape index (κ2) is 9.26. The van der Waals surface area contributed by atoms with E-state index in [4.69, 9.17) is 5.73 Å². The lowest BCUT2D eigenvalue weighted by atomic mass is 9.45. The highest BCUT2D eigenvalue weighted by Crippen LogP contribution is 2.78. The van der Waals surface area contributed by atoms with Gasteiger partial charge >= 0.3 is 5.97 Å². The standard InChI is InChI=1S/C27H41N5O4/c1-29-10-11-31-24(28)32-12-9-19(14-30-2)26(16-32)18-8-7-17-5-3-4-6-21(33)27(36)15-25(17,26)20(13-18)22(27)23(34)35/h9,12,17-19,29-30,36H,3-8,10-11,13-16H2,1-2H3,(H2,28,31)(H,34,35). The number of likely N-dealkylation sites (N-methyl/N-ethyl adjacent to an activating group) is 1. The van der Waals surface area contributed by atoms with Crippen LogP contribution in [0.3, 0.4) is 0 Å². The van der Waals surface area contributed by atoms with Crippen LogP contribution in [0.1, 0.15) is 51.4 Å². The smallest absolute Gasteiger partial charge is 0.334 e. The van der Waals surface area contributed by atoms with E-state index < -0.39 is 17.0 Å². The molecule has 0 saturated heterocycles. The molecule has 0 aromatic rings. The van der Waals surface area contributed by atoms with Crippen molar-refractivity contribution in [3.63, 3.8) is 0 Å². The predicted molar refractivity (Wildman–Crippen MR) is 137 cm³/mol. The Kier molecular flexibility index (Phi) is 6.54. The molecule has 5 rings (SSSR count). The number of guanidine groups is 1. The molecule has 3 bridgehead atoms. The first kappa shape index (κ1) is 25.4. The van der Waals surface area contributed by atoms with Gasteiger partial charge in [-0.1, -0.05) is 12.5 Å². The molecule has 3 fully saturated rings. The molecule has 1 heterocycles. The van der Waals surface area contributed by atoms with Gasteiger partial charge in [-0.2, -0.15) is 0 Å². The number of allylic oxidation sites excluding steroid dienone is 1. The van der Waals surface area contributed by atoms with Crippen molar-refractivity contribution in [3.05, 3.63) is 23.4 Å². The normalized spacial score (nSPS) is 40.0. The summed E-state index contributed by atoms with van der Waals surface area (Å²) in [5, 5.41) is 28.8. The molecule has 0 amide bonds. The quantitative estimate of drug-likeness (QED) is 0.209. The van der Waals surface area contributed by atoms with Crippen LogP contribution in [-0.4, -0.2) is 78.7 Å². The Balaban J connectivity index is 1.71. The number of ketones is 1.